The molecule has 2 rings (SSSR count). The standard InChI is InChI=1S/C13H16FN3O2/c1-9-5-10(7-11(14)6-9)13-16-12(19-17-13)8-15-3-4-18-2/h5-7,15H,3-4,8H2,1-2H3. The smallest absolute Gasteiger partial charge is 0.240 e. The molecule has 2 aromatic rings. The number of hydrogen-bond acceptors (Lipinski definition) is 5. The summed E-state index contributed by atoms with van der Waals surface area (Å²) in [6.45, 7) is 3.60. The summed E-state index contributed by atoms with van der Waals surface area (Å²) in [6.07, 6.45) is 0. The molecule has 0 aliphatic carbocycles. The topological polar surface area (TPSA) is 60.2 Å². The Labute approximate surface area is 110 Å². The van der Waals surface area contributed by atoms with Crippen LogP contribution in [0.1, 0.15) is 11.5 Å². The lowest BCUT2D eigenvalue weighted by Crippen LogP contribution is -2.18. The number of benzene rings is 1. The molecule has 0 fully saturated rings. The first-order valence-electron chi connectivity index (χ1n) is 5.99. The van der Waals surface area contributed by atoms with Gasteiger partial charge in [-0.1, -0.05) is 5.16 Å². The van der Waals surface area contributed by atoms with Crippen molar-refractivity contribution in [1.82, 2.24) is 15.5 Å². The molecule has 0 aliphatic rings. The van der Waals surface area contributed by atoms with Gasteiger partial charge in [-0.3, -0.25) is 0 Å². The number of halogens is 1. The predicted molar refractivity (Wildman–Crippen MR) is 68.0 cm³/mol. The van der Waals surface area contributed by atoms with Gasteiger partial charge in [0.1, 0.15) is 5.82 Å². The molecule has 0 radical (unpaired) electrons. The molecule has 5 nitrogen and oxygen atoms in total. The summed E-state index contributed by atoms with van der Waals surface area (Å²) in [5, 5.41) is 6.94. The van der Waals surface area contributed by atoms with Crippen molar-refractivity contribution >= 4 is 0 Å². The Morgan fingerprint density at radius 2 is 2.21 bits per heavy atom. The minimum absolute atomic E-state index is 0.306. The number of hydrogen-bond donors (Lipinski definition) is 1. The molecule has 102 valence electrons. The molecule has 19 heavy (non-hydrogen) atoms. The third-order valence-electron chi connectivity index (χ3n) is 2.53. The van der Waals surface area contributed by atoms with Crippen LogP contribution in [0.25, 0.3) is 11.4 Å². The molecule has 0 saturated heterocycles. The molecule has 0 amide bonds. The summed E-state index contributed by atoms with van der Waals surface area (Å²) in [6, 6.07) is 4.66. The molecular weight excluding hydrogens is 249 g/mol. The Morgan fingerprint density at radius 3 is 2.95 bits per heavy atom. The minimum Gasteiger partial charge on any atom is -0.383 e. The molecule has 1 heterocycles. The van der Waals surface area contributed by atoms with Crippen LogP contribution in [0, 0.1) is 12.7 Å². The molecule has 0 bridgehead atoms. The molecule has 6 heteroatoms. The Hall–Kier alpha value is -1.79. The summed E-state index contributed by atoms with van der Waals surface area (Å²) in [7, 11) is 1.64. The van der Waals surface area contributed by atoms with Crippen molar-refractivity contribution in [2.24, 2.45) is 0 Å². The van der Waals surface area contributed by atoms with E-state index in [0.29, 0.717) is 37.0 Å². The lowest BCUT2D eigenvalue weighted by molar-refractivity contribution is 0.197. The van der Waals surface area contributed by atoms with Crippen molar-refractivity contribution in [2.45, 2.75) is 13.5 Å². The van der Waals surface area contributed by atoms with Crippen molar-refractivity contribution < 1.29 is 13.7 Å². The van der Waals surface area contributed by atoms with Crippen LogP contribution >= 0.6 is 0 Å². The van der Waals surface area contributed by atoms with E-state index in [1.165, 1.54) is 12.1 Å². The molecule has 0 saturated carbocycles. The maximum Gasteiger partial charge on any atom is 0.240 e. The van der Waals surface area contributed by atoms with E-state index in [9.17, 15) is 4.39 Å². The number of aromatic nitrogens is 2. The minimum atomic E-state index is -0.306. The van der Waals surface area contributed by atoms with Crippen LogP contribution in [0.4, 0.5) is 4.39 Å². The van der Waals surface area contributed by atoms with Gasteiger partial charge in [0, 0.05) is 19.2 Å². The van der Waals surface area contributed by atoms with Crippen LogP contribution in [0.5, 0.6) is 0 Å². The summed E-state index contributed by atoms with van der Waals surface area (Å²) in [5.74, 6) is 0.554. The van der Waals surface area contributed by atoms with E-state index in [0.717, 1.165) is 5.56 Å². The monoisotopic (exact) mass is 265 g/mol. The van der Waals surface area contributed by atoms with E-state index < -0.39 is 0 Å². The van der Waals surface area contributed by atoms with Crippen LogP contribution in [-0.2, 0) is 11.3 Å². The third-order valence-corrected chi connectivity index (χ3v) is 2.53. The van der Waals surface area contributed by atoms with Crippen LogP contribution in [0.15, 0.2) is 22.7 Å². The van der Waals surface area contributed by atoms with Gasteiger partial charge < -0.3 is 14.6 Å². The lowest BCUT2D eigenvalue weighted by Gasteiger charge is -1.99. The fourth-order valence-corrected chi connectivity index (χ4v) is 1.68. The Kier molecular flexibility index (Phi) is 4.59. The zero-order valence-electron chi connectivity index (χ0n) is 10.9. The molecule has 1 aromatic heterocycles. The maximum atomic E-state index is 13.3. The largest absolute Gasteiger partial charge is 0.383 e. The SMILES string of the molecule is COCCNCc1nc(-c2cc(C)cc(F)c2)no1. The molecule has 1 N–H and O–H groups in total. The first-order chi connectivity index (χ1) is 9.19. The first kappa shape index (κ1) is 13.6. The van der Waals surface area contributed by atoms with Gasteiger partial charge in [0.2, 0.25) is 11.7 Å². The zero-order chi connectivity index (χ0) is 13.7. The fraction of sp³-hybridized carbons (Fsp3) is 0.385. The number of nitrogens with zero attached hydrogens (tertiary/aromatic N) is 2. The van der Waals surface area contributed by atoms with Crippen LogP contribution in [0.2, 0.25) is 0 Å². The molecule has 0 aliphatic heterocycles. The zero-order valence-corrected chi connectivity index (χ0v) is 10.9. The van der Waals surface area contributed by atoms with Gasteiger partial charge in [0.05, 0.1) is 13.2 Å². The van der Waals surface area contributed by atoms with Crippen LogP contribution in [-0.4, -0.2) is 30.4 Å². The molecule has 0 atom stereocenters. The number of methoxy groups -OCH3 is 1. The first-order valence-corrected chi connectivity index (χ1v) is 5.99. The van der Waals surface area contributed by atoms with E-state index in [1.807, 2.05) is 13.0 Å². The fourth-order valence-electron chi connectivity index (χ4n) is 1.68. The van der Waals surface area contributed by atoms with Gasteiger partial charge >= 0.3 is 0 Å². The lowest BCUT2D eigenvalue weighted by atomic mass is 10.1. The third kappa shape index (κ3) is 3.84. The highest BCUT2D eigenvalue weighted by Crippen LogP contribution is 2.18. The maximum absolute atomic E-state index is 13.3. The van der Waals surface area contributed by atoms with Crippen molar-refractivity contribution in [1.29, 1.82) is 0 Å². The van der Waals surface area contributed by atoms with Gasteiger partial charge in [0.15, 0.2) is 0 Å². The number of nitrogens with one attached hydrogen (secondary N) is 1. The van der Waals surface area contributed by atoms with Gasteiger partial charge in [-0.25, -0.2) is 4.39 Å². The quantitative estimate of drug-likeness (QED) is 0.809. The molecular formula is C13H16FN3O2. The second kappa shape index (κ2) is 6.40. The summed E-state index contributed by atoms with van der Waals surface area (Å²) in [4.78, 5) is 4.21. The summed E-state index contributed by atoms with van der Waals surface area (Å²) >= 11 is 0. The Balaban J connectivity index is 2.03. The average Bonchev–Trinajstić information content (AvgIpc) is 2.82. The summed E-state index contributed by atoms with van der Waals surface area (Å²) in [5.41, 5.74) is 1.43. The van der Waals surface area contributed by atoms with Crippen LogP contribution < -0.4 is 5.32 Å². The average molecular weight is 265 g/mol. The molecule has 1 aromatic carbocycles. The van der Waals surface area contributed by atoms with Crippen molar-refractivity contribution in [3.63, 3.8) is 0 Å². The van der Waals surface area contributed by atoms with E-state index >= 15 is 0 Å². The Morgan fingerprint density at radius 1 is 1.37 bits per heavy atom. The Bertz CT molecular complexity index is 522. The summed E-state index contributed by atoms with van der Waals surface area (Å²) < 4.78 is 23.3. The van der Waals surface area contributed by atoms with Crippen LogP contribution in [0.3, 0.4) is 0 Å². The highest BCUT2D eigenvalue weighted by atomic mass is 19.1. The van der Waals surface area contributed by atoms with Gasteiger partial charge in [-0.2, -0.15) is 4.98 Å². The van der Waals surface area contributed by atoms with Crippen molar-refractivity contribution in [2.75, 3.05) is 20.3 Å². The highest BCUT2D eigenvalue weighted by molar-refractivity contribution is 5.55. The number of aryl methyl sites for hydroxylation is 1. The van der Waals surface area contributed by atoms with E-state index in [-0.39, 0.29) is 5.82 Å². The van der Waals surface area contributed by atoms with Gasteiger partial charge in [-0.15, -0.1) is 0 Å². The van der Waals surface area contributed by atoms with Gasteiger partial charge in [0.25, 0.3) is 0 Å². The van der Waals surface area contributed by atoms with Crippen molar-refractivity contribution in [3.05, 3.63) is 35.5 Å². The highest BCUT2D eigenvalue weighted by Gasteiger charge is 2.09. The molecule has 0 spiro atoms. The second-order valence-corrected chi connectivity index (χ2v) is 4.20. The normalized spacial score (nSPS) is 10.9. The van der Waals surface area contributed by atoms with Gasteiger partial charge in [-0.05, 0) is 30.7 Å². The van der Waals surface area contributed by atoms with E-state index in [1.54, 1.807) is 7.11 Å². The predicted octanol–water partition coefficient (Wildman–Crippen LogP) is 1.92. The van der Waals surface area contributed by atoms with E-state index in [4.69, 9.17) is 9.26 Å². The van der Waals surface area contributed by atoms with E-state index in [2.05, 4.69) is 15.5 Å². The number of rotatable bonds is 6. The number of ether oxygens (including phenoxy) is 1. The molecule has 0 unspecified atom stereocenters. The van der Waals surface area contributed by atoms with Crippen molar-refractivity contribution in [3.8, 4) is 11.4 Å². The second-order valence-electron chi connectivity index (χ2n) is 4.20.